The molecule has 0 saturated carbocycles. The second-order valence-corrected chi connectivity index (χ2v) is 9.65. The first kappa shape index (κ1) is 22.6. The predicted molar refractivity (Wildman–Crippen MR) is 132 cm³/mol. The van der Waals surface area contributed by atoms with Gasteiger partial charge < -0.3 is 14.2 Å². The first-order chi connectivity index (χ1) is 16.5. The van der Waals surface area contributed by atoms with E-state index in [0.717, 1.165) is 56.9 Å². The number of piperidine rings is 1. The molecule has 7 heteroatoms. The van der Waals surface area contributed by atoms with Gasteiger partial charge in [0.15, 0.2) is 5.69 Å². The lowest BCUT2D eigenvalue weighted by atomic mass is 9.96. The van der Waals surface area contributed by atoms with Crippen molar-refractivity contribution >= 4 is 17.3 Å². The summed E-state index contributed by atoms with van der Waals surface area (Å²) in [5.74, 6) is 1.04. The fourth-order valence-corrected chi connectivity index (χ4v) is 5.23. The SMILES string of the molecule is CC(C)N1CCN(C(=O)c2nc(C3CCCN(C(=O)c4ccccc4)C3)n3ccccc23)CC1. The summed E-state index contributed by atoms with van der Waals surface area (Å²) in [4.78, 5) is 37.8. The van der Waals surface area contributed by atoms with Crippen molar-refractivity contribution in [3.8, 4) is 0 Å². The molecule has 34 heavy (non-hydrogen) atoms. The minimum atomic E-state index is 0.00591. The number of amides is 2. The molecule has 2 fully saturated rings. The number of imidazole rings is 1. The Morgan fingerprint density at radius 2 is 1.62 bits per heavy atom. The number of nitrogens with zero attached hydrogens (tertiary/aromatic N) is 5. The van der Waals surface area contributed by atoms with Gasteiger partial charge in [0.1, 0.15) is 5.82 Å². The summed E-state index contributed by atoms with van der Waals surface area (Å²) in [6.07, 6.45) is 3.86. The van der Waals surface area contributed by atoms with Crippen LogP contribution in [0.3, 0.4) is 0 Å². The van der Waals surface area contributed by atoms with Crippen molar-refractivity contribution in [3.05, 3.63) is 71.8 Å². The molecule has 178 valence electrons. The van der Waals surface area contributed by atoms with Crippen LogP contribution in [-0.2, 0) is 0 Å². The molecule has 3 aromatic rings. The van der Waals surface area contributed by atoms with E-state index in [1.165, 1.54) is 0 Å². The Labute approximate surface area is 201 Å². The molecule has 0 radical (unpaired) electrons. The third-order valence-corrected chi connectivity index (χ3v) is 7.20. The number of pyridine rings is 1. The van der Waals surface area contributed by atoms with Crippen LogP contribution in [0.4, 0.5) is 0 Å². The van der Waals surface area contributed by atoms with E-state index >= 15 is 0 Å². The van der Waals surface area contributed by atoms with Crippen molar-refractivity contribution in [2.45, 2.75) is 38.6 Å². The number of fused-ring (bicyclic) bond motifs is 1. The van der Waals surface area contributed by atoms with E-state index in [9.17, 15) is 9.59 Å². The van der Waals surface area contributed by atoms with E-state index in [-0.39, 0.29) is 17.7 Å². The fourth-order valence-electron chi connectivity index (χ4n) is 5.23. The van der Waals surface area contributed by atoms with Crippen LogP contribution in [0.25, 0.3) is 5.52 Å². The molecule has 0 bridgehead atoms. The third kappa shape index (κ3) is 4.32. The number of carbonyl (C=O) groups is 2. The lowest BCUT2D eigenvalue weighted by Gasteiger charge is -2.36. The summed E-state index contributed by atoms with van der Waals surface area (Å²) in [7, 11) is 0. The van der Waals surface area contributed by atoms with Gasteiger partial charge in [0.2, 0.25) is 0 Å². The van der Waals surface area contributed by atoms with E-state index in [1.807, 2.05) is 64.5 Å². The van der Waals surface area contributed by atoms with E-state index in [2.05, 4.69) is 23.1 Å². The number of aromatic nitrogens is 2. The van der Waals surface area contributed by atoms with Gasteiger partial charge >= 0.3 is 0 Å². The molecule has 1 unspecified atom stereocenters. The second-order valence-electron chi connectivity index (χ2n) is 9.65. The maximum absolute atomic E-state index is 13.5. The molecular formula is C27H33N5O2. The van der Waals surface area contributed by atoms with E-state index in [0.29, 0.717) is 23.8 Å². The van der Waals surface area contributed by atoms with Crippen LogP contribution < -0.4 is 0 Å². The zero-order chi connectivity index (χ0) is 23.7. The normalized spacial score (nSPS) is 19.7. The largest absolute Gasteiger partial charge is 0.338 e. The van der Waals surface area contributed by atoms with Gasteiger partial charge in [-0.05, 0) is 51.0 Å². The molecule has 5 rings (SSSR count). The van der Waals surface area contributed by atoms with Crippen LogP contribution in [0.15, 0.2) is 54.7 Å². The zero-order valence-electron chi connectivity index (χ0n) is 20.1. The van der Waals surface area contributed by atoms with Gasteiger partial charge in [0.25, 0.3) is 11.8 Å². The highest BCUT2D eigenvalue weighted by molar-refractivity contribution is 5.99. The molecule has 2 amide bonds. The van der Waals surface area contributed by atoms with Gasteiger partial charge in [0.05, 0.1) is 5.52 Å². The standard InChI is InChI=1S/C27H33N5O2/c1-20(2)29-15-17-30(18-16-29)27(34)24-23-12-6-7-14-32(23)25(28-24)22-11-8-13-31(19-22)26(33)21-9-4-3-5-10-21/h3-7,9-10,12,14,20,22H,8,11,13,15-19H2,1-2H3. The first-order valence-corrected chi connectivity index (χ1v) is 12.4. The Kier molecular flexibility index (Phi) is 6.37. The van der Waals surface area contributed by atoms with Gasteiger partial charge in [-0.1, -0.05) is 24.3 Å². The van der Waals surface area contributed by atoms with Crippen molar-refractivity contribution in [1.29, 1.82) is 0 Å². The highest BCUT2D eigenvalue weighted by Gasteiger charge is 2.31. The molecule has 0 spiro atoms. The van der Waals surface area contributed by atoms with Crippen molar-refractivity contribution in [3.63, 3.8) is 0 Å². The highest BCUT2D eigenvalue weighted by Crippen LogP contribution is 2.29. The summed E-state index contributed by atoms with van der Waals surface area (Å²) < 4.78 is 2.05. The monoisotopic (exact) mass is 459 g/mol. The fraction of sp³-hybridized carbons (Fsp3) is 0.444. The molecule has 2 saturated heterocycles. The number of carbonyl (C=O) groups excluding carboxylic acids is 2. The maximum Gasteiger partial charge on any atom is 0.274 e. The number of hydrogen-bond donors (Lipinski definition) is 0. The highest BCUT2D eigenvalue weighted by atomic mass is 16.2. The molecule has 7 nitrogen and oxygen atoms in total. The average Bonchev–Trinajstić information content (AvgIpc) is 3.28. The van der Waals surface area contributed by atoms with Crippen LogP contribution in [0.5, 0.6) is 0 Å². The molecule has 0 N–H and O–H groups in total. The Bertz CT molecular complexity index is 1160. The number of benzene rings is 1. The summed E-state index contributed by atoms with van der Waals surface area (Å²) in [6, 6.07) is 15.9. The Balaban J connectivity index is 1.39. The predicted octanol–water partition coefficient (Wildman–Crippen LogP) is 3.52. The maximum atomic E-state index is 13.5. The summed E-state index contributed by atoms with van der Waals surface area (Å²) in [6.45, 7) is 8.98. The van der Waals surface area contributed by atoms with Gasteiger partial charge in [-0.3, -0.25) is 14.5 Å². The molecular weight excluding hydrogens is 426 g/mol. The molecule has 2 aliphatic rings. The topological polar surface area (TPSA) is 61.2 Å². The van der Waals surface area contributed by atoms with Crippen molar-refractivity contribution < 1.29 is 9.59 Å². The zero-order valence-corrected chi connectivity index (χ0v) is 20.1. The first-order valence-electron chi connectivity index (χ1n) is 12.4. The smallest absolute Gasteiger partial charge is 0.274 e. The van der Waals surface area contributed by atoms with Gasteiger partial charge in [-0.2, -0.15) is 0 Å². The summed E-state index contributed by atoms with van der Waals surface area (Å²) in [5, 5.41) is 0. The van der Waals surface area contributed by atoms with Crippen molar-refractivity contribution in [2.75, 3.05) is 39.3 Å². The van der Waals surface area contributed by atoms with Crippen LogP contribution in [0.1, 0.15) is 59.3 Å². The van der Waals surface area contributed by atoms with Gasteiger partial charge in [0, 0.05) is 63.0 Å². The molecule has 4 heterocycles. The van der Waals surface area contributed by atoms with Gasteiger partial charge in [-0.25, -0.2) is 4.98 Å². The number of likely N-dealkylation sites (tertiary alicyclic amines) is 1. The van der Waals surface area contributed by atoms with Crippen molar-refractivity contribution in [1.82, 2.24) is 24.1 Å². The number of piperazine rings is 1. The Morgan fingerprint density at radius 3 is 2.35 bits per heavy atom. The molecule has 1 atom stereocenters. The Hall–Kier alpha value is -3.19. The average molecular weight is 460 g/mol. The van der Waals surface area contributed by atoms with Crippen molar-refractivity contribution in [2.24, 2.45) is 0 Å². The Morgan fingerprint density at radius 1 is 0.882 bits per heavy atom. The van der Waals surface area contributed by atoms with E-state index in [4.69, 9.17) is 4.98 Å². The van der Waals surface area contributed by atoms with Crippen LogP contribution >= 0.6 is 0 Å². The molecule has 1 aromatic carbocycles. The minimum Gasteiger partial charge on any atom is -0.338 e. The van der Waals surface area contributed by atoms with E-state index in [1.54, 1.807) is 0 Å². The van der Waals surface area contributed by atoms with E-state index < -0.39 is 0 Å². The lowest BCUT2D eigenvalue weighted by Crippen LogP contribution is -2.50. The van der Waals surface area contributed by atoms with Crippen LogP contribution in [-0.4, -0.2) is 81.2 Å². The lowest BCUT2D eigenvalue weighted by molar-refractivity contribution is 0.0591. The summed E-state index contributed by atoms with van der Waals surface area (Å²) >= 11 is 0. The quantitative estimate of drug-likeness (QED) is 0.599. The minimum absolute atomic E-state index is 0.00591. The molecule has 0 aliphatic carbocycles. The van der Waals surface area contributed by atoms with Crippen LogP contribution in [0.2, 0.25) is 0 Å². The molecule has 2 aliphatic heterocycles. The second kappa shape index (κ2) is 9.58. The van der Waals surface area contributed by atoms with Crippen LogP contribution in [0, 0.1) is 0 Å². The molecule has 2 aromatic heterocycles. The number of rotatable bonds is 4. The summed E-state index contributed by atoms with van der Waals surface area (Å²) in [5.41, 5.74) is 2.09. The van der Waals surface area contributed by atoms with Gasteiger partial charge in [-0.15, -0.1) is 0 Å². The number of hydrogen-bond acceptors (Lipinski definition) is 4. The third-order valence-electron chi connectivity index (χ3n) is 7.20.